The van der Waals surface area contributed by atoms with Gasteiger partial charge in [-0.05, 0) is 30.7 Å². The van der Waals surface area contributed by atoms with Gasteiger partial charge in [0.05, 0.1) is 30.0 Å². The van der Waals surface area contributed by atoms with Crippen LogP contribution in [0, 0.1) is 6.92 Å². The molecule has 27 heavy (non-hydrogen) atoms. The Bertz CT molecular complexity index is 997. The first kappa shape index (κ1) is 18.8. The standard InChI is InChI=1S/C19H20ClN5O2/c1-11-16-8-15(10-21-19(16)25(3)24-11)23-18(27)9-17(22-12(2)26)13-4-6-14(20)7-5-13/h4-8,10,17H,9H2,1-3H3,(H,22,26)(H,23,27). The molecule has 1 aromatic carbocycles. The van der Waals surface area contributed by atoms with Crippen molar-refractivity contribution in [1.29, 1.82) is 0 Å². The molecule has 0 spiro atoms. The Hall–Kier alpha value is -2.93. The molecule has 140 valence electrons. The average Bonchev–Trinajstić information content (AvgIpc) is 2.88. The quantitative estimate of drug-likeness (QED) is 0.706. The molecule has 0 aliphatic carbocycles. The Morgan fingerprint density at radius 2 is 1.96 bits per heavy atom. The van der Waals surface area contributed by atoms with Crippen molar-refractivity contribution in [2.75, 3.05) is 5.32 Å². The van der Waals surface area contributed by atoms with Crippen LogP contribution >= 0.6 is 11.6 Å². The van der Waals surface area contributed by atoms with Crippen LogP contribution in [0.2, 0.25) is 5.02 Å². The van der Waals surface area contributed by atoms with Gasteiger partial charge in [0.15, 0.2) is 5.65 Å². The van der Waals surface area contributed by atoms with E-state index in [1.165, 1.54) is 6.92 Å². The van der Waals surface area contributed by atoms with Crippen molar-refractivity contribution in [3.63, 3.8) is 0 Å². The molecule has 1 atom stereocenters. The van der Waals surface area contributed by atoms with Crippen LogP contribution in [0.15, 0.2) is 36.5 Å². The lowest BCUT2D eigenvalue weighted by Crippen LogP contribution is -2.29. The Morgan fingerprint density at radius 1 is 1.26 bits per heavy atom. The van der Waals surface area contributed by atoms with Gasteiger partial charge in [-0.15, -0.1) is 0 Å². The van der Waals surface area contributed by atoms with Crippen molar-refractivity contribution < 1.29 is 9.59 Å². The topological polar surface area (TPSA) is 88.9 Å². The number of pyridine rings is 1. The summed E-state index contributed by atoms with van der Waals surface area (Å²) < 4.78 is 1.70. The Labute approximate surface area is 161 Å². The molecule has 2 heterocycles. The monoisotopic (exact) mass is 385 g/mol. The molecular formula is C19H20ClN5O2. The fourth-order valence-electron chi connectivity index (χ4n) is 2.97. The van der Waals surface area contributed by atoms with Gasteiger partial charge in [-0.2, -0.15) is 5.10 Å². The van der Waals surface area contributed by atoms with Crippen LogP contribution in [-0.4, -0.2) is 26.6 Å². The molecular weight excluding hydrogens is 366 g/mol. The number of aromatic nitrogens is 3. The minimum Gasteiger partial charge on any atom is -0.349 e. The van der Waals surface area contributed by atoms with Crippen LogP contribution in [0.25, 0.3) is 11.0 Å². The third-order valence-corrected chi connectivity index (χ3v) is 4.44. The zero-order valence-electron chi connectivity index (χ0n) is 15.3. The number of halogens is 1. The summed E-state index contributed by atoms with van der Waals surface area (Å²) in [6.07, 6.45) is 1.68. The summed E-state index contributed by atoms with van der Waals surface area (Å²) in [7, 11) is 1.82. The second-order valence-corrected chi connectivity index (χ2v) is 6.80. The van der Waals surface area contributed by atoms with E-state index in [2.05, 4.69) is 20.7 Å². The van der Waals surface area contributed by atoms with Crippen molar-refractivity contribution in [2.45, 2.75) is 26.3 Å². The minimum atomic E-state index is -0.448. The summed E-state index contributed by atoms with van der Waals surface area (Å²) in [4.78, 5) is 28.4. The second kappa shape index (κ2) is 7.75. The molecule has 0 radical (unpaired) electrons. The number of amides is 2. The van der Waals surface area contributed by atoms with Crippen LogP contribution in [-0.2, 0) is 16.6 Å². The zero-order valence-corrected chi connectivity index (χ0v) is 16.0. The van der Waals surface area contributed by atoms with Gasteiger partial charge in [0.2, 0.25) is 11.8 Å². The lowest BCUT2D eigenvalue weighted by atomic mass is 10.0. The largest absolute Gasteiger partial charge is 0.349 e. The van der Waals surface area contributed by atoms with Crippen LogP contribution in [0.5, 0.6) is 0 Å². The number of rotatable bonds is 5. The normalized spacial score (nSPS) is 12.0. The van der Waals surface area contributed by atoms with E-state index >= 15 is 0 Å². The Balaban J connectivity index is 1.76. The first-order chi connectivity index (χ1) is 12.8. The summed E-state index contributed by atoms with van der Waals surface area (Å²) in [6.45, 7) is 3.31. The Kier molecular flexibility index (Phi) is 5.41. The highest BCUT2D eigenvalue weighted by atomic mass is 35.5. The number of carbonyl (C=O) groups is 2. The van der Waals surface area contributed by atoms with Crippen molar-refractivity contribution in [3.05, 3.63) is 52.8 Å². The number of benzene rings is 1. The fourth-order valence-corrected chi connectivity index (χ4v) is 3.09. The van der Waals surface area contributed by atoms with Crippen molar-refractivity contribution >= 4 is 40.1 Å². The first-order valence-electron chi connectivity index (χ1n) is 8.45. The maximum absolute atomic E-state index is 12.5. The van der Waals surface area contributed by atoms with Gasteiger partial charge in [0.1, 0.15) is 0 Å². The van der Waals surface area contributed by atoms with E-state index in [-0.39, 0.29) is 18.2 Å². The van der Waals surface area contributed by atoms with E-state index in [4.69, 9.17) is 11.6 Å². The molecule has 1 unspecified atom stereocenters. The van der Waals surface area contributed by atoms with Gasteiger partial charge >= 0.3 is 0 Å². The molecule has 3 rings (SSSR count). The number of carbonyl (C=O) groups excluding carboxylic acids is 2. The van der Waals surface area contributed by atoms with Gasteiger partial charge in [0.25, 0.3) is 0 Å². The third kappa shape index (κ3) is 4.43. The maximum Gasteiger partial charge on any atom is 0.226 e. The van der Waals surface area contributed by atoms with Gasteiger partial charge in [-0.1, -0.05) is 23.7 Å². The first-order valence-corrected chi connectivity index (χ1v) is 8.83. The molecule has 2 amide bonds. The van der Waals surface area contributed by atoms with Crippen molar-refractivity contribution in [1.82, 2.24) is 20.1 Å². The minimum absolute atomic E-state index is 0.0886. The highest BCUT2D eigenvalue weighted by Crippen LogP contribution is 2.22. The van der Waals surface area contributed by atoms with E-state index in [1.807, 2.05) is 20.0 Å². The number of anilines is 1. The molecule has 0 saturated heterocycles. The van der Waals surface area contributed by atoms with Crippen molar-refractivity contribution in [2.24, 2.45) is 7.05 Å². The lowest BCUT2D eigenvalue weighted by Gasteiger charge is -2.18. The third-order valence-electron chi connectivity index (χ3n) is 4.19. The summed E-state index contributed by atoms with van der Waals surface area (Å²) in [6, 6.07) is 8.44. The second-order valence-electron chi connectivity index (χ2n) is 6.36. The van der Waals surface area contributed by atoms with E-state index in [1.54, 1.807) is 35.1 Å². The molecule has 3 aromatic rings. The molecule has 0 bridgehead atoms. The van der Waals surface area contributed by atoms with Gasteiger partial charge in [-0.25, -0.2) is 4.98 Å². The number of hydrogen-bond acceptors (Lipinski definition) is 4. The van der Waals surface area contributed by atoms with Gasteiger partial charge < -0.3 is 10.6 Å². The van der Waals surface area contributed by atoms with E-state index in [9.17, 15) is 9.59 Å². The number of hydrogen-bond donors (Lipinski definition) is 2. The molecule has 0 fully saturated rings. The van der Waals surface area contributed by atoms with Gasteiger partial charge in [-0.3, -0.25) is 14.3 Å². The molecule has 2 N–H and O–H groups in total. The molecule has 8 heteroatoms. The number of nitrogens with one attached hydrogen (secondary N) is 2. The summed E-state index contributed by atoms with van der Waals surface area (Å²) in [5.74, 6) is -0.441. The number of fused-ring (bicyclic) bond motifs is 1. The lowest BCUT2D eigenvalue weighted by molar-refractivity contribution is -0.120. The predicted molar refractivity (Wildman–Crippen MR) is 105 cm³/mol. The van der Waals surface area contributed by atoms with E-state index in [0.717, 1.165) is 22.3 Å². The molecule has 2 aromatic heterocycles. The smallest absolute Gasteiger partial charge is 0.226 e. The van der Waals surface area contributed by atoms with Gasteiger partial charge in [0, 0.05) is 24.4 Å². The van der Waals surface area contributed by atoms with Crippen LogP contribution < -0.4 is 10.6 Å². The summed E-state index contributed by atoms with van der Waals surface area (Å²) >= 11 is 5.92. The fraction of sp³-hybridized carbons (Fsp3) is 0.263. The number of aryl methyl sites for hydroxylation is 2. The maximum atomic E-state index is 12.5. The Morgan fingerprint density at radius 3 is 2.63 bits per heavy atom. The van der Waals surface area contributed by atoms with Crippen LogP contribution in [0.1, 0.15) is 30.6 Å². The van der Waals surface area contributed by atoms with Crippen LogP contribution in [0.3, 0.4) is 0 Å². The zero-order chi connectivity index (χ0) is 19.6. The highest BCUT2D eigenvalue weighted by Gasteiger charge is 2.18. The van der Waals surface area contributed by atoms with E-state index < -0.39 is 6.04 Å². The predicted octanol–water partition coefficient (Wildman–Crippen LogP) is 3.14. The van der Waals surface area contributed by atoms with Crippen LogP contribution in [0.4, 0.5) is 5.69 Å². The number of nitrogens with zero attached hydrogens (tertiary/aromatic N) is 3. The highest BCUT2D eigenvalue weighted by molar-refractivity contribution is 6.30. The molecule has 0 aliphatic heterocycles. The van der Waals surface area contributed by atoms with E-state index in [0.29, 0.717) is 10.7 Å². The molecule has 7 nitrogen and oxygen atoms in total. The summed E-state index contributed by atoms with van der Waals surface area (Å²) in [5.41, 5.74) is 2.99. The summed E-state index contributed by atoms with van der Waals surface area (Å²) in [5, 5.41) is 11.4. The average molecular weight is 386 g/mol. The molecule has 0 saturated carbocycles. The van der Waals surface area contributed by atoms with Crippen molar-refractivity contribution in [3.8, 4) is 0 Å². The molecule has 0 aliphatic rings. The SMILES string of the molecule is CC(=O)NC(CC(=O)Nc1cnc2c(c1)c(C)nn2C)c1ccc(Cl)cc1.